The molecule has 2 atom stereocenters. The standard InChI is InChI=1S/C22H44N2O6S2/c1-20(24-22(25)6-4-3-5-21-7-18-31-32-21)19-30-17-16-29-15-14-28-13-12-27-11-10-26-9-8-23-2/h20-21,23H,3-19H2,1-2H3,(H,24,25). The zero-order valence-electron chi connectivity index (χ0n) is 19.9. The lowest BCUT2D eigenvalue weighted by molar-refractivity contribution is -0.122. The molecule has 0 aliphatic carbocycles. The van der Waals surface area contributed by atoms with Gasteiger partial charge in [-0.1, -0.05) is 28.0 Å². The van der Waals surface area contributed by atoms with Gasteiger partial charge in [-0.2, -0.15) is 0 Å². The lowest BCUT2D eigenvalue weighted by Gasteiger charge is -2.14. The molecule has 2 unspecified atom stereocenters. The van der Waals surface area contributed by atoms with Crippen molar-refractivity contribution in [2.45, 2.75) is 50.3 Å². The van der Waals surface area contributed by atoms with Gasteiger partial charge in [-0.05, 0) is 33.2 Å². The summed E-state index contributed by atoms with van der Waals surface area (Å²) in [4.78, 5) is 12.0. The van der Waals surface area contributed by atoms with Crippen LogP contribution >= 0.6 is 21.6 Å². The number of ether oxygens (including phenoxy) is 5. The van der Waals surface area contributed by atoms with Gasteiger partial charge < -0.3 is 34.3 Å². The van der Waals surface area contributed by atoms with E-state index in [1.165, 1.54) is 18.6 Å². The van der Waals surface area contributed by atoms with Crippen molar-refractivity contribution >= 4 is 27.5 Å². The minimum absolute atomic E-state index is 0.0151. The van der Waals surface area contributed by atoms with Gasteiger partial charge in [-0.25, -0.2) is 0 Å². The lowest BCUT2D eigenvalue weighted by atomic mass is 10.1. The van der Waals surface area contributed by atoms with Crippen LogP contribution in [-0.2, 0) is 28.5 Å². The van der Waals surface area contributed by atoms with Gasteiger partial charge in [0.25, 0.3) is 0 Å². The van der Waals surface area contributed by atoms with Gasteiger partial charge in [0.05, 0.1) is 66.1 Å². The van der Waals surface area contributed by atoms with E-state index in [1.807, 2.05) is 35.6 Å². The second-order valence-electron chi connectivity index (χ2n) is 7.67. The first-order chi connectivity index (χ1) is 15.7. The predicted octanol–water partition coefficient (Wildman–Crippen LogP) is 2.51. The SMILES string of the molecule is CNCCOCCOCCOCCOCCOCC(C)NC(=O)CCCCC1CCSS1. The van der Waals surface area contributed by atoms with Crippen molar-refractivity contribution in [2.75, 3.05) is 85.4 Å². The van der Waals surface area contributed by atoms with E-state index in [1.54, 1.807) is 0 Å². The minimum Gasteiger partial charge on any atom is -0.378 e. The number of rotatable bonds is 23. The largest absolute Gasteiger partial charge is 0.378 e. The van der Waals surface area contributed by atoms with Crippen molar-refractivity contribution in [1.82, 2.24) is 10.6 Å². The van der Waals surface area contributed by atoms with Crippen LogP contribution in [0.3, 0.4) is 0 Å². The summed E-state index contributed by atoms with van der Waals surface area (Å²) < 4.78 is 27.3. The van der Waals surface area contributed by atoms with E-state index in [-0.39, 0.29) is 11.9 Å². The molecule has 32 heavy (non-hydrogen) atoms. The molecule has 1 heterocycles. The lowest BCUT2D eigenvalue weighted by Crippen LogP contribution is -2.36. The Morgan fingerprint density at radius 1 is 0.906 bits per heavy atom. The predicted molar refractivity (Wildman–Crippen MR) is 133 cm³/mol. The number of carbonyl (C=O) groups is 1. The van der Waals surface area contributed by atoms with E-state index in [2.05, 4.69) is 10.6 Å². The minimum atomic E-state index is 0.0151. The molecule has 2 N–H and O–H groups in total. The van der Waals surface area contributed by atoms with Gasteiger partial charge in [0.1, 0.15) is 0 Å². The molecule has 0 bridgehead atoms. The molecule has 10 heteroatoms. The van der Waals surface area contributed by atoms with E-state index in [9.17, 15) is 4.79 Å². The molecule has 0 aromatic carbocycles. The molecule has 1 saturated heterocycles. The highest BCUT2D eigenvalue weighted by molar-refractivity contribution is 8.77. The van der Waals surface area contributed by atoms with Gasteiger partial charge in [-0.15, -0.1) is 0 Å². The highest BCUT2D eigenvalue weighted by Gasteiger charge is 2.16. The Hall–Kier alpha value is -0.0700. The second kappa shape index (κ2) is 22.7. The van der Waals surface area contributed by atoms with Gasteiger partial charge in [0.15, 0.2) is 0 Å². The van der Waals surface area contributed by atoms with Crippen LogP contribution in [0, 0.1) is 0 Å². The van der Waals surface area contributed by atoms with Gasteiger partial charge in [0.2, 0.25) is 5.91 Å². The average Bonchev–Trinajstić information content (AvgIpc) is 3.30. The van der Waals surface area contributed by atoms with E-state index >= 15 is 0 Å². The van der Waals surface area contributed by atoms with Gasteiger partial charge in [-0.3, -0.25) is 4.79 Å². The third-order valence-electron chi connectivity index (χ3n) is 4.67. The summed E-state index contributed by atoms with van der Waals surface area (Å²) in [7, 11) is 5.88. The highest BCUT2D eigenvalue weighted by atomic mass is 33.1. The number of hydrogen-bond donors (Lipinski definition) is 2. The second-order valence-corrected chi connectivity index (χ2v) is 10.5. The number of hydrogen-bond acceptors (Lipinski definition) is 9. The number of unbranched alkanes of at least 4 members (excludes halogenated alkanes) is 1. The van der Waals surface area contributed by atoms with Crippen LogP contribution in [0.5, 0.6) is 0 Å². The molecule has 0 aromatic rings. The number of likely N-dealkylation sites (N-methyl/N-ethyl adjacent to an activating group) is 1. The molecule has 8 nitrogen and oxygen atoms in total. The molecule has 190 valence electrons. The maximum absolute atomic E-state index is 12.0. The Kier molecular flexibility index (Phi) is 21.3. The summed E-state index contributed by atoms with van der Waals surface area (Å²) in [6.07, 6.45) is 5.25. The van der Waals surface area contributed by atoms with Crippen molar-refractivity contribution in [3.8, 4) is 0 Å². The first-order valence-electron chi connectivity index (χ1n) is 11.8. The van der Waals surface area contributed by atoms with Crippen LogP contribution in [0.1, 0.15) is 39.0 Å². The van der Waals surface area contributed by atoms with Crippen LogP contribution in [0.4, 0.5) is 0 Å². The van der Waals surface area contributed by atoms with Crippen molar-refractivity contribution in [3.05, 3.63) is 0 Å². The third kappa shape index (κ3) is 19.4. The van der Waals surface area contributed by atoms with Crippen LogP contribution in [-0.4, -0.2) is 103 Å². The molecule has 1 amide bonds. The van der Waals surface area contributed by atoms with Gasteiger partial charge in [0, 0.05) is 30.0 Å². The Morgan fingerprint density at radius 3 is 2.06 bits per heavy atom. The van der Waals surface area contributed by atoms with E-state index in [0.717, 1.165) is 24.6 Å². The number of nitrogens with one attached hydrogen (secondary N) is 2. The fraction of sp³-hybridized carbons (Fsp3) is 0.955. The van der Waals surface area contributed by atoms with Crippen molar-refractivity contribution in [3.63, 3.8) is 0 Å². The van der Waals surface area contributed by atoms with Gasteiger partial charge >= 0.3 is 0 Å². The maximum Gasteiger partial charge on any atom is 0.220 e. The maximum atomic E-state index is 12.0. The molecule has 1 aliphatic heterocycles. The highest BCUT2D eigenvalue weighted by Crippen LogP contribution is 2.39. The van der Waals surface area contributed by atoms with Crippen molar-refractivity contribution < 1.29 is 28.5 Å². The Balaban J connectivity index is 1.75. The number of carbonyl (C=O) groups excluding carboxylic acids is 1. The fourth-order valence-electron chi connectivity index (χ4n) is 2.92. The van der Waals surface area contributed by atoms with Crippen LogP contribution in [0.15, 0.2) is 0 Å². The molecule has 0 spiro atoms. The molecule has 0 saturated carbocycles. The molecular weight excluding hydrogens is 452 g/mol. The molecule has 0 aromatic heterocycles. The first-order valence-corrected chi connectivity index (χ1v) is 14.2. The summed E-state index contributed by atoms with van der Waals surface area (Å²) in [5.74, 6) is 1.39. The molecule has 0 radical (unpaired) electrons. The molecule has 1 fully saturated rings. The summed E-state index contributed by atoms with van der Waals surface area (Å²) >= 11 is 0. The average molecular weight is 497 g/mol. The molecule has 1 aliphatic rings. The Labute approximate surface area is 202 Å². The van der Waals surface area contributed by atoms with Crippen LogP contribution in [0.25, 0.3) is 0 Å². The summed E-state index contributed by atoms with van der Waals surface area (Å²) in [5.41, 5.74) is 0. The molecule has 1 rings (SSSR count). The Bertz CT molecular complexity index is 431. The number of amides is 1. The van der Waals surface area contributed by atoms with Crippen LogP contribution in [0.2, 0.25) is 0 Å². The summed E-state index contributed by atoms with van der Waals surface area (Å²) in [5, 5.41) is 6.82. The summed E-state index contributed by atoms with van der Waals surface area (Å²) in [6.45, 7) is 8.39. The Morgan fingerprint density at radius 2 is 1.50 bits per heavy atom. The zero-order chi connectivity index (χ0) is 23.1. The summed E-state index contributed by atoms with van der Waals surface area (Å²) in [6, 6.07) is 0.0151. The van der Waals surface area contributed by atoms with E-state index < -0.39 is 0 Å². The first kappa shape index (κ1) is 30.0. The third-order valence-corrected chi connectivity index (χ3v) is 7.67. The topological polar surface area (TPSA) is 87.3 Å². The van der Waals surface area contributed by atoms with Crippen LogP contribution < -0.4 is 10.6 Å². The quantitative estimate of drug-likeness (QED) is 0.164. The fourth-order valence-corrected chi connectivity index (χ4v) is 5.95. The van der Waals surface area contributed by atoms with E-state index in [0.29, 0.717) is 72.5 Å². The zero-order valence-corrected chi connectivity index (χ0v) is 21.6. The molecular formula is C22H44N2O6S2. The van der Waals surface area contributed by atoms with E-state index in [4.69, 9.17) is 23.7 Å². The van der Waals surface area contributed by atoms with Crippen molar-refractivity contribution in [2.24, 2.45) is 0 Å². The smallest absolute Gasteiger partial charge is 0.220 e. The monoisotopic (exact) mass is 496 g/mol. The van der Waals surface area contributed by atoms with Crippen molar-refractivity contribution in [1.29, 1.82) is 0 Å². The normalized spacial score (nSPS) is 17.0.